The summed E-state index contributed by atoms with van der Waals surface area (Å²) in [5, 5.41) is 3.33. The van der Waals surface area contributed by atoms with E-state index in [4.69, 9.17) is 0 Å². The van der Waals surface area contributed by atoms with Gasteiger partial charge in [0, 0.05) is 17.9 Å². The number of imide groups is 1. The van der Waals surface area contributed by atoms with E-state index in [1.54, 1.807) is 0 Å². The van der Waals surface area contributed by atoms with Crippen molar-refractivity contribution >= 4 is 17.5 Å². The molecule has 108 valence electrons. The molecule has 4 heteroatoms. The number of hydrogen-bond donors (Lipinski definition) is 1. The van der Waals surface area contributed by atoms with Crippen LogP contribution in [-0.2, 0) is 9.59 Å². The summed E-state index contributed by atoms with van der Waals surface area (Å²) in [4.78, 5) is 25.8. The van der Waals surface area contributed by atoms with Crippen molar-refractivity contribution in [2.24, 2.45) is 11.8 Å². The maximum Gasteiger partial charge on any atom is 0.237 e. The van der Waals surface area contributed by atoms with E-state index in [0.29, 0.717) is 5.69 Å². The van der Waals surface area contributed by atoms with Crippen LogP contribution in [0.4, 0.5) is 5.69 Å². The number of carbonyl (C=O) groups is 2. The third kappa shape index (κ3) is 2.48. The van der Waals surface area contributed by atoms with Gasteiger partial charge in [0.15, 0.2) is 0 Å². The first-order chi connectivity index (χ1) is 9.47. The van der Waals surface area contributed by atoms with Gasteiger partial charge in [-0.3, -0.25) is 14.5 Å². The van der Waals surface area contributed by atoms with Gasteiger partial charge in [0.1, 0.15) is 0 Å². The maximum atomic E-state index is 12.2. The molecule has 4 nitrogen and oxygen atoms in total. The van der Waals surface area contributed by atoms with Gasteiger partial charge in [-0.1, -0.05) is 32.9 Å². The van der Waals surface area contributed by atoms with E-state index in [2.05, 4.69) is 19.2 Å². The predicted molar refractivity (Wildman–Crippen MR) is 79.4 cm³/mol. The van der Waals surface area contributed by atoms with Crippen molar-refractivity contribution in [1.82, 2.24) is 5.32 Å². The molecule has 0 saturated carbocycles. The SMILES string of the molecule is CCNC(C)c1cccc(N2C(=O)C(C)C(C)C2=O)c1. The number of rotatable bonds is 4. The van der Waals surface area contributed by atoms with Crippen LogP contribution in [0.25, 0.3) is 0 Å². The van der Waals surface area contributed by atoms with Crippen LogP contribution in [0.3, 0.4) is 0 Å². The van der Waals surface area contributed by atoms with Crippen LogP contribution >= 0.6 is 0 Å². The molecule has 1 aromatic carbocycles. The molecule has 1 heterocycles. The van der Waals surface area contributed by atoms with E-state index in [1.807, 2.05) is 38.1 Å². The van der Waals surface area contributed by atoms with Gasteiger partial charge in [-0.15, -0.1) is 0 Å². The minimum absolute atomic E-state index is 0.101. The molecule has 2 amide bonds. The van der Waals surface area contributed by atoms with Crippen LogP contribution < -0.4 is 10.2 Å². The Hall–Kier alpha value is -1.68. The number of benzene rings is 1. The van der Waals surface area contributed by atoms with Gasteiger partial charge in [0.2, 0.25) is 11.8 Å². The van der Waals surface area contributed by atoms with E-state index in [1.165, 1.54) is 4.90 Å². The zero-order valence-corrected chi connectivity index (χ0v) is 12.5. The molecule has 1 aliphatic rings. The van der Waals surface area contributed by atoms with Crippen LogP contribution in [0, 0.1) is 11.8 Å². The zero-order chi connectivity index (χ0) is 14.9. The van der Waals surface area contributed by atoms with Crippen molar-refractivity contribution in [1.29, 1.82) is 0 Å². The van der Waals surface area contributed by atoms with E-state index in [0.717, 1.165) is 12.1 Å². The highest BCUT2D eigenvalue weighted by Gasteiger charge is 2.43. The van der Waals surface area contributed by atoms with Gasteiger partial charge in [-0.05, 0) is 31.2 Å². The van der Waals surface area contributed by atoms with Crippen LogP contribution in [0.1, 0.15) is 39.3 Å². The Kier molecular flexibility index (Phi) is 4.23. The molecule has 2 rings (SSSR count). The van der Waals surface area contributed by atoms with Crippen molar-refractivity contribution in [2.75, 3.05) is 11.4 Å². The number of anilines is 1. The molecule has 1 aliphatic heterocycles. The maximum absolute atomic E-state index is 12.2. The van der Waals surface area contributed by atoms with Gasteiger partial charge < -0.3 is 5.32 Å². The monoisotopic (exact) mass is 274 g/mol. The summed E-state index contributed by atoms with van der Waals surface area (Å²) < 4.78 is 0. The van der Waals surface area contributed by atoms with Gasteiger partial charge in [0.25, 0.3) is 0 Å². The van der Waals surface area contributed by atoms with E-state index in [-0.39, 0.29) is 29.7 Å². The van der Waals surface area contributed by atoms with Crippen molar-refractivity contribution in [2.45, 2.75) is 33.7 Å². The number of nitrogens with one attached hydrogen (secondary N) is 1. The smallest absolute Gasteiger partial charge is 0.237 e. The summed E-state index contributed by atoms with van der Waals surface area (Å²) in [6, 6.07) is 7.85. The Bertz CT molecular complexity index is 507. The molecule has 1 N–H and O–H groups in total. The summed E-state index contributed by atoms with van der Waals surface area (Å²) in [5.41, 5.74) is 1.76. The lowest BCUT2D eigenvalue weighted by Crippen LogP contribution is -2.30. The topological polar surface area (TPSA) is 49.4 Å². The van der Waals surface area contributed by atoms with Crippen LogP contribution in [0.15, 0.2) is 24.3 Å². The molecule has 3 atom stereocenters. The minimum atomic E-state index is -0.239. The van der Waals surface area contributed by atoms with Crippen LogP contribution in [0.2, 0.25) is 0 Å². The lowest BCUT2D eigenvalue weighted by molar-refractivity contribution is -0.122. The van der Waals surface area contributed by atoms with E-state index >= 15 is 0 Å². The first-order valence-corrected chi connectivity index (χ1v) is 7.18. The molecule has 3 unspecified atom stereocenters. The molecule has 1 fully saturated rings. The van der Waals surface area contributed by atoms with Crippen LogP contribution in [-0.4, -0.2) is 18.4 Å². The second-order valence-electron chi connectivity index (χ2n) is 5.46. The summed E-state index contributed by atoms with van der Waals surface area (Å²) in [7, 11) is 0. The van der Waals surface area contributed by atoms with Gasteiger partial charge in [-0.25, -0.2) is 0 Å². The van der Waals surface area contributed by atoms with Crippen molar-refractivity contribution < 1.29 is 9.59 Å². The molecular formula is C16H22N2O2. The van der Waals surface area contributed by atoms with Crippen molar-refractivity contribution in [3.63, 3.8) is 0 Å². The Balaban J connectivity index is 2.32. The third-order valence-electron chi connectivity index (χ3n) is 4.11. The second kappa shape index (κ2) is 5.75. The fraction of sp³-hybridized carbons (Fsp3) is 0.500. The number of carbonyl (C=O) groups excluding carboxylic acids is 2. The normalized spacial score (nSPS) is 24.3. The zero-order valence-electron chi connectivity index (χ0n) is 12.5. The minimum Gasteiger partial charge on any atom is -0.310 e. The first-order valence-electron chi connectivity index (χ1n) is 7.18. The highest BCUT2D eigenvalue weighted by Crippen LogP contribution is 2.31. The fourth-order valence-electron chi connectivity index (χ4n) is 2.56. The molecule has 20 heavy (non-hydrogen) atoms. The van der Waals surface area contributed by atoms with Gasteiger partial charge in [0.05, 0.1) is 5.69 Å². The average Bonchev–Trinajstić information content (AvgIpc) is 2.63. The summed E-state index contributed by atoms with van der Waals surface area (Å²) in [6.45, 7) is 8.63. The number of amides is 2. The molecule has 1 saturated heterocycles. The second-order valence-corrected chi connectivity index (χ2v) is 5.46. The Morgan fingerprint density at radius 2 is 1.80 bits per heavy atom. The summed E-state index contributed by atoms with van der Waals surface area (Å²) >= 11 is 0. The largest absolute Gasteiger partial charge is 0.310 e. The van der Waals surface area contributed by atoms with Crippen molar-refractivity contribution in [3.8, 4) is 0 Å². The highest BCUT2D eigenvalue weighted by molar-refractivity contribution is 6.21. The number of nitrogens with zero attached hydrogens (tertiary/aromatic N) is 1. The Morgan fingerprint density at radius 1 is 1.20 bits per heavy atom. The fourth-order valence-corrected chi connectivity index (χ4v) is 2.56. The highest BCUT2D eigenvalue weighted by atomic mass is 16.2. The van der Waals surface area contributed by atoms with E-state index in [9.17, 15) is 9.59 Å². The molecule has 0 aliphatic carbocycles. The molecular weight excluding hydrogens is 252 g/mol. The number of hydrogen-bond acceptors (Lipinski definition) is 3. The average molecular weight is 274 g/mol. The molecule has 0 spiro atoms. The van der Waals surface area contributed by atoms with Crippen LogP contribution in [0.5, 0.6) is 0 Å². The standard InChI is InChI=1S/C16H22N2O2/c1-5-17-12(4)13-7-6-8-14(9-13)18-15(19)10(2)11(3)16(18)20/h6-12,17H,5H2,1-4H3. The quantitative estimate of drug-likeness (QED) is 0.858. The van der Waals surface area contributed by atoms with Crippen molar-refractivity contribution in [3.05, 3.63) is 29.8 Å². The molecule has 1 aromatic rings. The lowest BCUT2D eigenvalue weighted by Gasteiger charge is -2.18. The first kappa shape index (κ1) is 14.7. The van der Waals surface area contributed by atoms with Gasteiger partial charge in [-0.2, -0.15) is 0 Å². The predicted octanol–water partition coefficient (Wildman–Crippen LogP) is 2.50. The molecule has 0 bridgehead atoms. The Morgan fingerprint density at radius 3 is 2.35 bits per heavy atom. The van der Waals surface area contributed by atoms with Gasteiger partial charge >= 0.3 is 0 Å². The lowest BCUT2D eigenvalue weighted by atomic mass is 10.00. The molecule has 0 aromatic heterocycles. The van der Waals surface area contributed by atoms with E-state index < -0.39 is 0 Å². The summed E-state index contributed by atoms with van der Waals surface area (Å²) in [5.74, 6) is -0.679. The molecule has 0 radical (unpaired) electrons. The summed E-state index contributed by atoms with van der Waals surface area (Å²) in [6.07, 6.45) is 0. The third-order valence-corrected chi connectivity index (χ3v) is 4.11. The Labute approximate surface area is 120 Å².